The van der Waals surface area contributed by atoms with Gasteiger partial charge in [0.05, 0.1) is 10.3 Å². The number of non-ortho nitro benzene ring substituents is 1. The van der Waals surface area contributed by atoms with Crippen molar-refractivity contribution in [2.75, 3.05) is 18.5 Å². The zero-order valence-electron chi connectivity index (χ0n) is 29.8. The first-order chi connectivity index (χ1) is 24.1. The lowest BCUT2D eigenvalue weighted by atomic mass is 9.69. The van der Waals surface area contributed by atoms with Gasteiger partial charge in [0, 0.05) is 60.1 Å². The number of hydrogen-bond acceptors (Lipinski definition) is 3. The van der Waals surface area contributed by atoms with Gasteiger partial charge in [0.15, 0.2) is 5.71 Å². The van der Waals surface area contributed by atoms with E-state index in [1.165, 1.54) is 44.6 Å². The lowest BCUT2D eigenvalue weighted by Gasteiger charge is -2.28. The molecule has 0 unspecified atom stereocenters. The molecule has 0 radical (unpaired) electrons. The zero-order chi connectivity index (χ0) is 35.0. The Kier molecular flexibility index (Phi) is 8.77. The maximum absolute atomic E-state index is 12.2. The van der Waals surface area contributed by atoms with Crippen LogP contribution in [0.25, 0.3) is 10.8 Å². The van der Waals surface area contributed by atoms with Crippen LogP contribution >= 0.6 is 0 Å². The number of nitro benzene ring substituents is 1. The van der Waals surface area contributed by atoms with E-state index in [0.29, 0.717) is 5.92 Å². The summed E-state index contributed by atoms with van der Waals surface area (Å²) in [4.78, 5) is 14.3. The highest BCUT2D eigenvalue weighted by molar-refractivity contribution is 6.04. The van der Waals surface area contributed by atoms with Crippen LogP contribution in [0.2, 0.25) is 0 Å². The van der Waals surface area contributed by atoms with Gasteiger partial charge in [-0.05, 0) is 64.4 Å². The van der Waals surface area contributed by atoms with Gasteiger partial charge in [-0.1, -0.05) is 119 Å². The Morgan fingerprint density at radius 1 is 0.800 bits per heavy atom. The largest absolute Gasteiger partial charge is 0.347 e. The van der Waals surface area contributed by atoms with Gasteiger partial charge in [-0.25, -0.2) is 0 Å². The first-order valence-corrected chi connectivity index (χ1v) is 17.8. The fourth-order valence-electron chi connectivity index (χ4n) is 8.23. The Bertz CT molecular complexity index is 2120. The molecule has 5 aromatic rings. The van der Waals surface area contributed by atoms with E-state index in [0.717, 1.165) is 37.1 Å². The fraction of sp³-hybridized carbons (Fsp3) is 0.267. The topological polar surface area (TPSA) is 49.4 Å². The van der Waals surface area contributed by atoms with Crippen LogP contribution in [0.15, 0.2) is 139 Å². The van der Waals surface area contributed by atoms with Crippen molar-refractivity contribution in [2.24, 2.45) is 5.92 Å². The van der Waals surface area contributed by atoms with Gasteiger partial charge >= 0.3 is 0 Å². The molecule has 2 aliphatic rings. The highest BCUT2D eigenvalue weighted by atomic mass is 16.6. The number of fused-ring (bicyclic) bond motifs is 3. The summed E-state index contributed by atoms with van der Waals surface area (Å²) in [6.45, 7) is 9.96. The molecule has 0 bridgehead atoms. The molecule has 0 saturated carbocycles. The molecule has 5 nitrogen and oxygen atoms in total. The van der Waals surface area contributed by atoms with Gasteiger partial charge in [-0.3, -0.25) is 10.1 Å². The van der Waals surface area contributed by atoms with Gasteiger partial charge in [0.2, 0.25) is 5.69 Å². The average molecular weight is 661 g/mol. The van der Waals surface area contributed by atoms with E-state index < -0.39 is 5.41 Å². The molecule has 0 saturated heterocycles. The highest BCUT2D eigenvalue weighted by Crippen LogP contribution is 2.49. The minimum Gasteiger partial charge on any atom is -0.347 e. The second kappa shape index (κ2) is 13.2. The molecule has 0 N–H and O–H groups in total. The summed E-state index contributed by atoms with van der Waals surface area (Å²) >= 11 is 0. The smallest absolute Gasteiger partial charge is 0.270 e. The molecule has 5 heteroatoms. The van der Waals surface area contributed by atoms with Crippen molar-refractivity contribution in [3.05, 3.63) is 172 Å². The molecule has 0 aromatic heterocycles. The van der Waals surface area contributed by atoms with Crippen LogP contribution in [0.5, 0.6) is 0 Å². The van der Waals surface area contributed by atoms with E-state index in [1.807, 2.05) is 24.3 Å². The summed E-state index contributed by atoms with van der Waals surface area (Å²) in [5.74, 6) is 0.504. The quantitative estimate of drug-likeness (QED) is 0.0851. The van der Waals surface area contributed by atoms with E-state index >= 15 is 0 Å². The highest BCUT2D eigenvalue weighted by Gasteiger charge is 2.52. The van der Waals surface area contributed by atoms with E-state index in [-0.39, 0.29) is 16.0 Å². The summed E-state index contributed by atoms with van der Waals surface area (Å²) in [6.07, 6.45) is 9.24. The number of anilines is 1. The predicted molar refractivity (Wildman–Crippen MR) is 207 cm³/mol. The molecule has 0 spiro atoms. The van der Waals surface area contributed by atoms with E-state index in [4.69, 9.17) is 0 Å². The third-order valence-electron chi connectivity index (χ3n) is 10.8. The molecule has 0 atom stereocenters. The molecule has 0 amide bonds. The second-order valence-corrected chi connectivity index (χ2v) is 14.9. The fourth-order valence-corrected chi connectivity index (χ4v) is 8.23. The van der Waals surface area contributed by atoms with Crippen molar-refractivity contribution >= 4 is 33.5 Å². The van der Waals surface area contributed by atoms with Crippen molar-refractivity contribution < 1.29 is 9.50 Å². The minimum atomic E-state index is -0.534. The predicted octanol–water partition coefficient (Wildman–Crippen LogP) is 10.5. The molecule has 252 valence electrons. The molecule has 2 heterocycles. The Labute approximate surface area is 296 Å². The number of nitrogens with zero attached hydrogens (tertiary/aromatic N) is 3. The maximum Gasteiger partial charge on any atom is 0.270 e. The number of allylic oxidation sites excluding steroid dienone is 4. The first kappa shape index (κ1) is 33.2. The van der Waals surface area contributed by atoms with Gasteiger partial charge in [-0.2, -0.15) is 4.58 Å². The van der Waals surface area contributed by atoms with Crippen molar-refractivity contribution in [1.29, 1.82) is 0 Å². The van der Waals surface area contributed by atoms with Crippen LogP contribution in [0.1, 0.15) is 56.4 Å². The molecule has 5 aromatic carbocycles. The molecule has 2 aliphatic heterocycles. The van der Waals surface area contributed by atoms with Gasteiger partial charge < -0.3 is 4.90 Å². The SMILES string of the molecule is CC(C)CC[N+]1=C(/C=C/C=C2/N(C)c3cc4ccccc4cc3C2(C)C)C(Cc2ccccc2)(Cc2ccccc2)c2cc([N+](=O)[O-])ccc21. The molecule has 0 aliphatic carbocycles. The summed E-state index contributed by atoms with van der Waals surface area (Å²) in [5, 5.41) is 14.7. The Morgan fingerprint density at radius 2 is 1.40 bits per heavy atom. The summed E-state index contributed by atoms with van der Waals surface area (Å²) in [5.41, 5.74) is 8.88. The molecule has 7 rings (SSSR count). The number of nitro groups is 1. The minimum absolute atomic E-state index is 0.130. The lowest BCUT2D eigenvalue weighted by molar-refractivity contribution is -0.439. The third kappa shape index (κ3) is 5.95. The van der Waals surface area contributed by atoms with Crippen LogP contribution in [-0.4, -0.2) is 28.8 Å². The van der Waals surface area contributed by atoms with Crippen molar-refractivity contribution in [3.8, 4) is 0 Å². The molecular weight excluding hydrogens is 615 g/mol. The summed E-state index contributed by atoms with van der Waals surface area (Å²) in [7, 11) is 2.17. The standard InChI is InChI=1S/C45H46N3O2/c1-32(2)25-26-47-40-24-23-37(48(49)50)29-39(40)45(30-33-15-8-6-9-16-33,31-34-17-10-7-11-18-34)43(47)22-14-21-42-44(3,4)38-27-35-19-12-13-20-36(35)28-41(38)46(42)5/h6-24,27-29,32H,25-26,30-31H2,1-5H3/q+1. The summed E-state index contributed by atoms with van der Waals surface area (Å²) in [6, 6.07) is 39.9. The zero-order valence-corrected chi connectivity index (χ0v) is 29.8. The van der Waals surface area contributed by atoms with Crippen LogP contribution in [0.4, 0.5) is 17.1 Å². The Hall–Kier alpha value is -5.29. The number of hydrogen-bond donors (Lipinski definition) is 0. The number of rotatable bonds is 10. The first-order valence-electron chi connectivity index (χ1n) is 17.8. The van der Waals surface area contributed by atoms with Crippen LogP contribution < -0.4 is 4.90 Å². The molecule has 0 fully saturated rings. The monoisotopic (exact) mass is 660 g/mol. The van der Waals surface area contributed by atoms with Crippen molar-refractivity contribution in [3.63, 3.8) is 0 Å². The van der Waals surface area contributed by atoms with Gasteiger partial charge in [0.25, 0.3) is 5.69 Å². The molecular formula is C45H46N3O2+. The van der Waals surface area contributed by atoms with Gasteiger partial charge in [0.1, 0.15) is 6.54 Å². The van der Waals surface area contributed by atoms with E-state index in [2.05, 4.69) is 147 Å². The third-order valence-corrected chi connectivity index (χ3v) is 10.8. The van der Waals surface area contributed by atoms with Crippen molar-refractivity contribution in [1.82, 2.24) is 0 Å². The number of likely N-dealkylation sites (N-methyl/N-ethyl adjacent to an activating group) is 1. The van der Waals surface area contributed by atoms with Crippen molar-refractivity contribution in [2.45, 2.75) is 57.8 Å². The van der Waals surface area contributed by atoms with E-state index in [1.54, 1.807) is 6.07 Å². The Balaban J connectivity index is 1.41. The maximum atomic E-state index is 12.2. The van der Waals surface area contributed by atoms with Gasteiger partial charge in [-0.15, -0.1) is 0 Å². The molecule has 50 heavy (non-hydrogen) atoms. The average Bonchev–Trinajstić information content (AvgIpc) is 3.46. The summed E-state index contributed by atoms with van der Waals surface area (Å²) < 4.78 is 2.45. The normalized spacial score (nSPS) is 16.9. The lowest BCUT2D eigenvalue weighted by Crippen LogP contribution is -2.39. The van der Waals surface area contributed by atoms with E-state index in [9.17, 15) is 10.1 Å². The van der Waals surface area contributed by atoms with Crippen LogP contribution in [0.3, 0.4) is 0 Å². The second-order valence-electron chi connectivity index (χ2n) is 14.9. The number of benzene rings is 5. The Morgan fingerprint density at radius 3 is 2.00 bits per heavy atom. The van der Waals surface area contributed by atoms with Crippen LogP contribution in [0, 0.1) is 16.0 Å². The van der Waals surface area contributed by atoms with Crippen LogP contribution in [-0.2, 0) is 23.7 Å².